The van der Waals surface area contributed by atoms with Gasteiger partial charge in [-0.15, -0.1) is 0 Å². The van der Waals surface area contributed by atoms with Gasteiger partial charge in [-0.2, -0.15) is 0 Å². The largest absolute Gasteiger partial charge is 0.384 e. The maximum atomic E-state index is 13.2. The molecule has 0 aliphatic rings. The second-order valence-electron chi connectivity index (χ2n) is 3.64. The van der Waals surface area contributed by atoms with Gasteiger partial charge in [0.15, 0.2) is 0 Å². The molecule has 0 radical (unpaired) electrons. The third-order valence-corrected chi connectivity index (χ3v) is 2.44. The minimum atomic E-state index is -0.615. The Hall–Kier alpha value is -2.41. The average Bonchev–Trinajstić information content (AvgIpc) is 2.26. The van der Waals surface area contributed by atoms with Crippen molar-refractivity contribution < 1.29 is 9.31 Å². The molecule has 0 amide bonds. The number of nitrogen functional groups attached to an aromatic ring is 1. The quantitative estimate of drug-likeness (QED) is 0.666. The fourth-order valence-electron chi connectivity index (χ4n) is 1.47. The van der Waals surface area contributed by atoms with Crippen LogP contribution in [0.5, 0.6) is 0 Å². The summed E-state index contributed by atoms with van der Waals surface area (Å²) in [5.41, 5.74) is 5.44. The molecule has 1 aromatic carbocycles. The first kappa shape index (κ1) is 13.0. The van der Waals surface area contributed by atoms with Crippen LogP contribution in [0.3, 0.4) is 0 Å². The highest BCUT2D eigenvalue weighted by Gasteiger charge is 2.16. The smallest absolute Gasteiger partial charge is 0.311 e. The van der Waals surface area contributed by atoms with Gasteiger partial charge >= 0.3 is 5.69 Å². The number of anilines is 3. The van der Waals surface area contributed by atoms with Crippen LogP contribution in [0.2, 0.25) is 5.02 Å². The molecule has 2 aromatic rings. The SMILES string of the molecule is Nc1ccc([N+](=O)[O-])c(Nc2cc(F)cc(Cl)c2)n1. The lowest BCUT2D eigenvalue weighted by Gasteiger charge is -2.07. The standard InChI is InChI=1S/C11H8ClFN4O2/c12-6-3-7(13)5-8(4-6)15-11-9(17(18)19)1-2-10(14)16-11/h1-5H,(H3,14,15,16). The van der Waals surface area contributed by atoms with Crippen LogP contribution in [-0.4, -0.2) is 9.91 Å². The fraction of sp³-hybridized carbons (Fsp3) is 0. The van der Waals surface area contributed by atoms with Crippen molar-refractivity contribution in [3.63, 3.8) is 0 Å². The lowest BCUT2D eigenvalue weighted by Crippen LogP contribution is -2.02. The van der Waals surface area contributed by atoms with Crippen LogP contribution in [-0.2, 0) is 0 Å². The predicted molar refractivity (Wildman–Crippen MR) is 70.0 cm³/mol. The maximum Gasteiger partial charge on any atom is 0.311 e. The van der Waals surface area contributed by atoms with E-state index in [1.54, 1.807) is 0 Å². The molecule has 98 valence electrons. The van der Waals surface area contributed by atoms with Gasteiger partial charge in [-0.05, 0) is 24.3 Å². The van der Waals surface area contributed by atoms with Crippen molar-refractivity contribution in [3.8, 4) is 0 Å². The second kappa shape index (κ2) is 5.07. The van der Waals surface area contributed by atoms with Crippen LogP contribution in [0.25, 0.3) is 0 Å². The molecule has 0 fully saturated rings. The number of pyridine rings is 1. The number of halogens is 2. The zero-order valence-corrected chi connectivity index (χ0v) is 10.2. The lowest BCUT2D eigenvalue weighted by molar-refractivity contribution is -0.384. The summed E-state index contributed by atoms with van der Waals surface area (Å²) in [5, 5.41) is 13.6. The predicted octanol–water partition coefficient (Wildman–Crippen LogP) is 3.11. The molecular weight excluding hydrogens is 275 g/mol. The second-order valence-corrected chi connectivity index (χ2v) is 4.08. The zero-order valence-electron chi connectivity index (χ0n) is 9.43. The Labute approximate surface area is 112 Å². The summed E-state index contributed by atoms with van der Waals surface area (Å²) in [6.45, 7) is 0. The number of benzene rings is 1. The van der Waals surface area contributed by atoms with Crippen LogP contribution in [0.15, 0.2) is 30.3 Å². The summed E-state index contributed by atoms with van der Waals surface area (Å²) < 4.78 is 13.2. The molecule has 0 bridgehead atoms. The molecule has 0 saturated carbocycles. The summed E-state index contributed by atoms with van der Waals surface area (Å²) >= 11 is 5.69. The number of hydrogen-bond donors (Lipinski definition) is 2. The maximum absolute atomic E-state index is 13.2. The van der Waals surface area contributed by atoms with E-state index >= 15 is 0 Å². The van der Waals surface area contributed by atoms with E-state index < -0.39 is 10.7 Å². The van der Waals surface area contributed by atoms with Crippen LogP contribution < -0.4 is 11.1 Å². The number of hydrogen-bond acceptors (Lipinski definition) is 5. The molecule has 0 atom stereocenters. The van der Waals surface area contributed by atoms with Gasteiger partial charge in [-0.25, -0.2) is 9.37 Å². The number of nitrogens with zero attached hydrogens (tertiary/aromatic N) is 2. The topological polar surface area (TPSA) is 94.1 Å². The van der Waals surface area contributed by atoms with Gasteiger partial charge in [0.1, 0.15) is 11.6 Å². The van der Waals surface area contributed by atoms with Crippen molar-refractivity contribution >= 4 is 34.6 Å². The van der Waals surface area contributed by atoms with E-state index in [4.69, 9.17) is 17.3 Å². The van der Waals surface area contributed by atoms with Gasteiger partial charge in [0.25, 0.3) is 0 Å². The lowest BCUT2D eigenvalue weighted by atomic mass is 10.3. The van der Waals surface area contributed by atoms with Gasteiger partial charge in [-0.3, -0.25) is 10.1 Å². The summed E-state index contributed by atoms with van der Waals surface area (Å²) in [5.74, 6) is -0.538. The molecule has 6 nitrogen and oxygen atoms in total. The third-order valence-electron chi connectivity index (χ3n) is 2.22. The Balaban J connectivity index is 2.42. The van der Waals surface area contributed by atoms with Crippen molar-refractivity contribution in [1.82, 2.24) is 4.98 Å². The normalized spacial score (nSPS) is 10.2. The number of nitrogens with one attached hydrogen (secondary N) is 1. The molecule has 8 heteroatoms. The molecule has 0 spiro atoms. The van der Waals surface area contributed by atoms with E-state index in [0.29, 0.717) is 0 Å². The summed E-state index contributed by atoms with van der Waals surface area (Å²) in [6, 6.07) is 6.20. The first-order valence-corrected chi connectivity index (χ1v) is 5.47. The van der Waals surface area contributed by atoms with Crippen LogP contribution >= 0.6 is 11.6 Å². The van der Waals surface area contributed by atoms with Gasteiger partial charge < -0.3 is 11.1 Å². The van der Waals surface area contributed by atoms with Gasteiger partial charge in [-0.1, -0.05) is 11.6 Å². The Kier molecular flexibility index (Phi) is 3.48. The first-order chi connectivity index (χ1) is 8.95. The highest BCUT2D eigenvalue weighted by molar-refractivity contribution is 6.30. The Bertz CT molecular complexity index is 630. The zero-order chi connectivity index (χ0) is 14.0. The third kappa shape index (κ3) is 3.08. The molecule has 2 rings (SSSR count). The van der Waals surface area contributed by atoms with Crippen LogP contribution in [0, 0.1) is 15.9 Å². The first-order valence-electron chi connectivity index (χ1n) is 5.10. The summed E-state index contributed by atoms with van der Waals surface area (Å²) in [4.78, 5) is 14.0. The van der Waals surface area contributed by atoms with E-state index in [0.717, 1.165) is 12.1 Å². The average molecular weight is 283 g/mol. The van der Waals surface area contributed by atoms with Gasteiger partial charge in [0.05, 0.1) is 4.92 Å². The van der Waals surface area contributed by atoms with Crippen molar-refractivity contribution in [2.75, 3.05) is 11.1 Å². The van der Waals surface area contributed by atoms with Crippen LogP contribution in [0.4, 0.5) is 27.4 Å². The fourth-order valence-corrected chi connectivity index (χ4v) is 1.69. The van der Waals surface area contributed by atoms with Crippen molar-refractivity contribution in [2.24, 2.45) is 0 Å². The van der Waals surface area contributed by atoms with E-state index in [9.17, 15) is 14.5 Å². The number of nitro groups is 1. The van der Waals surface area contributed by atoms with Crippen molar-refractivity contribution in [1.29, 1.82) is 0 Å². The van der Waals surface area contributed by atoms with Crippen molar-refractivity contribution in [2.45, 2.75) is 0 Å². The van der Waals surface area contributed by atoms with E-state index in [2.05, 4.69) is 10.3 Å². The van der Waals surface area contributed by atoms with Crippen molar-refractivity contribution in [3.05, 3.63) is 51.3 Å². The molecule has 1 heterocycles. The summed E-state index contributed by atoms with van der Waals surface area (Å²) in [6.07, 6.45) is 0. The molecule has 0 aliphatic carbocycles. The monoisotopic (exact) mass is 282 g/mol. The molecule has 3 N–H and O–H groups in total. The molecule has 0 aliphatic heterocycles. The van der Waals surface area contributed by atoms with Gasteiger partial charge in [0.2, 0.25) is 5.82 Å². The molecule has 1 aromatic heterocycles. The molecular formula is C11H8ClFN4O2. The highest BCUT2D eigenvalue weighted by Crippen LogP contribution is 2.28. The van der Waals surface area contributed by atoms with E-state index in [-0.39, 0.29) is 28.0 Å². The molecule has 0 saturated heterocycles. The minimum absolute atomic E-state index is 0.0772. The number of aromatic nitrogens is 1. The Morgan fingerprint density at radius 1 is 1.37 bits per heavy atom. The van der Waals surface area contributed by atoms with E-state index in [1.807, 2.05) is 0 Å². The Morgan fingerprint density at radius 2 is 2.11 bits per heavy atom. The summed E-state index contributed by atoms with van der Waals surface area (Å²) in [7, 11) is 0. The van der Waals surface area contributed by atoms with E-state index in [1.165, 1.54) is 18.2 Å². The van der Waals surface area contributed by atoms with Gasteiger partial charge in [0, 0.05) is 16.8 Å². The molecule has 0 unspecified atom stereocenters. The Morgan fingerprint density at radius 3 is 2.74 bits per heavy atom. The van der Waals surface area contributed by atoms with Crippen LogP contribution in [0.1, 0.15) is 0 Å². The highest BCUT2D eigenvalue weighted by atomic mass is 35.5. The number of nitrogens with two attached hydrogens (primary N) is 1. The minimum Gasteiger partial charge on any atom is -0.384 e. The molecule has 19 heavy (non-hydrogen) atoms. The number of rotatable bonds is 3.